The van der Waals surface area contributed by atoms with Gasteiger partial charge in [-0.2, -0.15) is 0 Å². The average molecular weight is 293 g/mol. The Morgan fingerprint density at radius 3 is 2.86 bits per heavy atom. The van der Waals surface area contributed by atoms with E-state index in [-0.39, 0.29) is 18.2 Å². The highest BCUT2D eigenvalue weighted by molar-refractivity contribution is 5.92. The molecule has 0 bridgehead atoms. The lowest BCUT2D eigenvalue weighted by Crippen LogP contribution is -2.34. The molecule has 0 aliphatic carbocycles. The molecule has 1 saturated heterocycles. The summed E-state index contributed by atoms with van der Waals surface area (Å²) in [6.07, 6.45) is 4.05. The van der Waals surface area contributed by atoms with E-state index in [1.807, 2.05) is 29.8 Å². The standard InChI is InChI=1S/C15H23N3O3/c1-11(9-14(19)20)10-17-15(21)13-3-2-8-18(13)12-4-6-16-7-5-12/h2-3,8,11-12,16H,4-7,9-10H2,1H3,(H,17,21)(H,19,20). The van der Waals surface area contributed by atoms with E-state index < -0.39 is 5.97 Å². The van der Waals surface area contributed by atoms with Crippen LogP contribution in [0.4, 0.5) is 0 Å². The van der Waals surface area contributed by atoms with Crippen molar-refractivity contribution in [1.29, 1.82) is 0 Å². The van der Waals surface area contributed by atoms with E-state index in [0.717, 1.165) is 25.9 Å². The molecular formula is C15H23N3O3. The zero-order chi connectivity index (χ0) is 15.2. The van der Waals surface area contributed by atoms with Crippen LogP contribution in [0.1, 0.15) is 42.7 Å². The summed E-state index contributed by atoms with van der Waals surface area (Å²) in [6, 6.07) is 4.06. The molecule has 2 heterocycles. The third-order valence-electron chi connectivity index (χ3n) is 3.85. The second kappa shape index (κ2) is 7.26. The molecule has 0 spiro atoms. The second-order valence-corrected chi connectivity index (χ2v) is 5.69. The molecule has 1 aliphatic rings. The van der Waals surface area contributed by atoms with Crippen LogP contribution in [0.15, 0.2) is 18.3 Å². The topological polar surface area (TPSA) is 83.4 Å². The monoisotopic (exact) mass is 293 g/mol. The van der Waals surface area contributed by atoms with Crippen LogP contribution >= 0.6 is 0 Å². The third kappa shape index (κ3) is 4.32. The number of hydrogen-bond acceptors (Lipinski definition) is 3. The normalized spacial score (nSPS) is 17.4. The van der Waals surface area contributed by atoms with Gasteiger partial charge in [0, 0.05) is 25.2 Å². The minimum absolute atomic E-state index is 0.0651. The maximum atomic E-state index is 12.3. The highest BCUT2D eigenvalue weighted by atomic mass is 16.4. The lowest BCUT2D eigenvalue weighted by molar-refractivity contribution is -0.137. The summed E-state index contributed by atoms with van der Waals surface area (Å²) in [5.74, 6) is -1.04. The van der Waals surface area contributed by atoms with Gasteiger partial charge in [0.15, 0.2) is 0 Å². The first-order chi connectivity index (χ1) is 10.1. The van der Waals surface area contributed by atoms with Crippen molar-refractivity contribution in [1.82, 2.24) is 15.2 Å². The fraction of sp³-hybridized carbons (Fsp3) is 0.600. The van der Waals surface area contributed by atoms with E-state index in [1.54, 1.807) is 0 Å². The molecule has 6 nitrogen and oxygen atoms in total. The zero-order valence-corrected chi connectivity index (χ0v) is 12.3. The Kier molecular flexibility index (Phi) is 5.38. The van der Waals surface area contributed by atoms with Gasteiger partial charge in [0.25, 0.3) is 5.91 Å². The summed E-state index contributed by atoms with van der Waals surface area (Å²) < 4.78 is 2.04. The van der Waals surface area contributed by atoms with Gasteiger partial charge in [0.2, 0.25) is 0 Å². The smallest absolute Gasteiger partial charge is 0.303 e. The van der Waals surface area contributed by atoms with E-state index in [2.05, 4.69) is 10.6 Å². The molecule has 1 atom stereocenters. The highest BCUT2D eigenvalue weighted by Gasteiger charge is 2.20. The summed E-state index contributed by atoms with van der Waals surface area (Å²) in [7, 11) is 0. The van der Waals surface area contributed by atoms with Crippen LogP contribution in [0, 0.1) is 5.92 Å². The van der Waals surface area contributed by atoms with E-state index >= 15 is 0 Å². The van der Waals surface area contributed by atoms with Gasteiger partial charge >= 0.3 is 5.97 Å². The summed E-state index contributed by atoms with van der Waals surface area (Å²) in [6.45, 7) is 4.14. The van der Waals surface area contributed by atoms with Gasteiger partial charge in [-0.1, -0.05) is 6.92 Å². The summed E-state index contributed by atoms with van der Waals surface area (Å²) in [5.41, 5.74) is 0.657. The maximum absolute atomic E-state index is 12.3. The lowest BCUT2D eigenvalue weighted by Gasteiger charge is -2.26. The number of hydrogen-bond donors (Lipinski definition) is 3. The van der Waals surface area contributed by atoms with Crippen molar-refractivity contribution in [3.8, 4) is 0 Å². The minimum Gasteiger partial charge on any atom is -0.481 e. The molecule has 0 saturated carbocycles. The lowest BCUT2D eigenvalue weighted by atomic mass is 10.1. The third-order valence-corrected chi connectivity index (χ3v) is 3.85. The van der Waals surface area contributed by atoms with Gasteiger partial charge in [0.05, 0.1) is 0 Å². The summed E-state index contributed by atoms with van der Waals surface area (Å²) in [4.78, 5) is 22.9. The number of carbonyl (C=O) groups excluding carboxylic acids is 1. The molecule has 21 heavy (non-hydrogen) atoms. The highest BCUT2D eigenvalue weighted by Crippen LogP contribution is 2.21. The number of rotatable bonds is 6. The molecule has 2 rings (SSSR count). The Morgan fingerprint density at radius 2 is 2.19 bits per heavy atom. The van der Waals surface area contributed by atoms with Crippen LogP contribution in [0.5, 0.6) is 0 Å². The molecular weight excluding hydrogens is 270 g/mol. The summed E-state index contributed by atoms with van der Waals surface area (Å²) >= 11 is 0. The first-order valence-electron chi connectivity index (χ1n) is 7.45. The summed E-state index contributed by atoms with van der Waals surface area (Å²) in [5, 5.41) is 14.9. The Bertz CT molecular complexity index is 492. The molecule has 0 aromatic carbocycles. The molecule has 1 fully saturated rings. The Morgan fingerprint density at radius 1 is 1.48 bits per heavy atom. The SMILES string of the molecule is CC(CNC(=O)c1cccn1C1CCNCC1)CC(=O)O. The predicted molar refractivity (Wildman–Crippen MR) is 79.3 cm³/mol. The van der Waals surface area contributed by atoms with Crippen LogP contribution in [-0.2, 0) is 4.79 Å². The maximum Gasteiger partial charge on any atom is 0.303 e. The van der Waals surface area contributed by atoms with Crippen LogP contribution in [0.3, 0.4) is 0 Å². The van der Waals surface area contributed by atoms with Crippen molar-refractivity contribution in [3.05, 3.63) is 24.0 Å². The zero-order valence-electron chi connectivity index (χ0n) is 12.3. The van der Waals surface area contributed by atoms with Gasteiger partial charge in [-0.25, -0.2) is 0 Å². The minimum atomic E-state index is -0.838. The predicted octanol–water partition coefficient (Wildman–Crippen LogP) is 1.25. The molecule has 116 valence electrons. The number of aliphatic carboxylic acids is 1. The van der Waals surface area contributed by atoms with Gasteiger partial charge in [0.1, 0.15) is 5.69 Å². The van der Waals surface area contributed by atoms with Crippen molar-refractivity contribution < 1.29 is 14.7 Å². The van der Waals surface area contributed by atoms with E-state index in [4.69, 9.17) is 5.11 Å². The Balaban J connectivity index is 1.93. The largest absolute Gasteiger partial charge is 0.481 e. The number of carboxylic acid groups (broad SMARTS) is 1. The molecule has 0 radical (unpaired) electrons. The fourth-order valence-electron chi connectivity index (χ4n) is 2.72. The number of nitrogens with one attached hydrogen (secondary N) is 2. The van der Waals surface area contributed by atoms with Gasteiger partial charge in [-0.15, -0.1) is 0 Å². The van der Waals surface area contributed by atoms with Gasteiger partial charge in [-0.3, -0.25) is 9.59 Å². The Hall–Kier alpha value is -1.82. The molecule has 1 aliphatic heterocycles. The number of nitrogens with zero attached hydrogens (tertiary/aromatic N) is 1. The van der Waals surface area contributed by atoms with Crippen molar-refractivity contribution in [2.45, 2.75) is 32.2 Å². The van der Waals surface area contributed by atoms with Gasteiger partial charge < -0.3 is 20.3 Å². The fourth-order valence-corrected chi connectivity index (χ4v) is 2.72. The number of amides is 1. The van der Waals surface area contributed by atoms with Crippen molar-refractivity contribution in [2.24, 2.45) is 5.92 Å². The molecule has 1 aromatic heterocycles. The Labute approximate surface area is 124 Å². The van der Waals surface area contributed by atoms with Crippen LogP contribution < -0.4 is 10.6 Å². The molecule has 1 unspecified atom stereocenters. The van der Waals surface area contributed by atoms with Crippen LogP contribution in [0.25, 0.3) is 0 Å². The van der Waals surface area contributed by atoms with Crippen molar-refractivity contribution in [2.75, 3.05) is 19.6 Å². The first kappa shape index (κ1) is 15.6. The molecule has 3 N–H and O–H groups in total. The average Bonchev–Trinajstić information content (AvgIpc) is 2.94. The van der Waals surface area contributed by atoms with Crippen molar-refractivity contribution >= 4 is 11.9 Å². The van der Waals surface area contributed by atoms with Crippen molar-refractivity contribution in [3.63, 3.8) is 0 Å². The van der Waals surface area contributed by atoms with Crippen LogP contribution in [0.2, 0.25) is 0 Å². The van der Waals surface area contributed by atoms with Crippen LogP contribution in [-0.4, -0.2) is 41.2 Å². The number of aromatic nitrogens is 1. The van der Waals surface area contributed by atoms with E-state index in [9.17, 15) is 9.59 Å². The molecule has 1 amide bonds. The van der Waals surface area contributed by atoms with E-state index in [0.29, 0.717) is 18.3 Å². The molecule has 1 aromatic rings. The second-order valence-electron chi connectivity index (χ2n) is 5.69. The van der Waals surface area contributed by atoms with E-state index in [1.165, 1.54) is 0 Å². The van der Waals surface area contributed by atoms with Gasteiger partial charge in [-0.05, 0) is 44.0 Å². The number of carbonyl (C=O) groups is 2. The first-order valence-corrected chi connectivity index (χ1v) is 7.45. The number of carboxylic acids is 1. The number of piperidine rings is 1. The molecule has 6 heteroatoms. The quantitative estimate of drug-likeness (QED) is 0.737.